The van der Waals surface area contributed by atoms with Gasteiger partial charge in [0.05, 0.1) is 22.3 Å². The molecule has 0 spiro atoms. The van der Waals surface area contributed by atoms with Gasteiger partial charge in [-0.3, -0.25) is 4.99 Å². The van der Waals surface area contributed by atoms with Crippen LogP contribution in [0.4, 0.5) is 5.69 Å². The molecule has 1 aliphatic heterocycles. The van der Waals surface area contributed by atoms with E-state index >= 15 is 0 Å². The van der Waals surface area contributed by atoms with E-state index in [1.165, 1.54) is 11.3 Å². The first-order valence-corrected chi connectivity index (χ1v) is 8.50. The number of carbonyl (C=O) groups is 1. The van der Waals surface area contributed by atoms with E-state index < -0.39 is 12.0 Å². The van der Waals surface area contributed by atoms with E-state index in [-0.39, 0.29) is 0 Å². The number of aliphatic carboxylic acids is 1. The second-order valence-electron chi connectivity index (χ2n) is 4.88. The third-order valence-electron chi connectivity index (χ3n) is 3.43. The zero-order chi connectivity index (χ0) is 16.4. The number of nitrogens with zero attached hydrogens (tertiary/aromatic N) is 2. The summed E-state index contributed by atoms with van der Waals surface area (Å²) in [4.78, 5) is 18.6. The molecule has 23 heavy (non-hydrogen) atoms. The van der Waals surface area contributed by atoms with Gasteiger partial charge >= 0.3 is 5.97 Å². The number of hydrogen-bond acceptors (Lipinski definition) is 5. The van der Waals surface area contributed by atoms with Crippen LogP contribution in [0.15, 0.2) is 40.7 Å². The Morgan fingerprint density at radius 1 is 1.30 bits per heavy atom. The average Bonchev–Trinajstić information content (AvgIpc) is 3.16. The molecule has 0 amide bonds. The van der Waals surface area contributed by atoms with Gasteiger partial charge < -0.3 is 15.3 Å². The third-order valence-corrected chi connectivity index (χ3v) is 4.99. The summed E-state index contributed by atoms with van der Waals surface area (Å²) in [6.07, 6.45) is 0. The van der Waals surface area contributed by atoms with E-state index in [4.69, 9.17) is 23.2 Å². The normalized spacial score (nSPS) is 15.4. The van der Waals surface area contributed by atoms with Crippen LogP contribution in [-0.2, 0) is 4.79 Å². The first kappa shape index (κ1) is 16.1. The molecule has 0 fully saturated rings. The average molecular weight is 370 g/mol. The summed E-state index contributed by atoms with van der Waals surface area (Å²) >= 11 is 13.7. The van der Waals surface area contributed by atoms with Gasteiger partial charge in [0.25, 0.3) is 0 Å². The molecule has 2 N–H and O–H groups in total. The molecule has 0 saturated carbocycles. The smallest absolute Gasteiger partial charge is 0.331 e. The van der Waals surface area contributed by atoms with Crippen LogP contribution in [0.25, 0.3) is 0 Å². The number of aliphatic imine (C=N–C) groups is 1. The largest absolute Gasteiger partial charge is 0.479 e. The number of nitrogens with one attached hydrogen (secondary N) is 1. The van der Waals surface area contributed by atoms with Crippen molar-refractivity contribution < 1.29 is 9.90 Å². The van der Waals surface area contributed by atoms with E-state index in [9.17, 15) is 9.90 Å². The van der Waals surface area contributed by atoms with Gasteiger partial charge in [-0.1, -0.05) is 35.3 Å². The number of anilines is 1. The Morgan fingerprint density at radius 3 is 2.65 bits per heavy atom. The van der Waals surface area contributed by atoms with Crippen molar-refractivity contribution in [3.63, 3.8) is 0 Å². The summed E-state index contributed by atoms with van der Waals surface area (Å²) in [7, 11) is 0. The summed E-state index contributed by atoms with van der Waals surface area (Å²) in [6, 6.07) is 8.02. The Labute approximate surface area is 147 Å². The molecule has 5 nitrogen and oxygen atoms in total. The molecule has 0 radical (unpaired) electrons. The van der Waals surface area contributed by atoms with Crippen molar-refractivity contribution in [1.29, 1.82) is 0 Å². The quantitative estimate of drug-likeness (QED) is 0.855. The number of benzene rings is 1. The summed E-state index contributed by atoms with van der Waals surface area (Å²) in [5, 5.41) is 15.5. The van der Waals surface area contributed by atoms with Crippen LogP contribution in [0.2, 0.25) is 10.0 Å². The first-order valence-electron chi connectivity index (χ1n) is 6.86. The maximum atomic E-state index is 11.7. The number of carboxylic acids is 1. The molecule has 0 bridgehead atoms. The SMILES string of the molecule is O=C(O)C(c1cccs1)N1CCN=C1Nc1c(Cl)cccc1Cl. The van der Waals surface area contributed by atoms with Gasteiger partial charge in [-0.15, -0.1) is 11.3 Å². The summed E-state index contributed by atoms with van der Waals surface area (Å²) in [5.41, 5.74) is 0.525. The lowest BCUT2D eigenvalue weighted by Gasteiger charge is -2.27. The monoisotopic (exact) mass is 369 g/mol. The van der Waals surface area contributed by atoms with Crippen molar-refractivity contribution >= 4 is 52.2 Å². The van der Waals surface area contributed by atoms with Crippen LogP contribution < -0.4 is 5.32 Å². The van der Waals surface area contributed by atoms with Crippen molar-refractivity contribution in [3.8, 4) is 0 Å². The second kappa shape index (κ2) is 6.78. The van der Waals surface area contributed by atoms with Gasteiger partial charge in [-0.2, -0.15) is 0 Å². The Morgan fingerprint density at radius 2 is 2.04 bits per heavy atom. The topological polar surface area (TPSA) is 64.9 Å². The van der Waals surface area contributed by atoms with Gasteiger partial charge in [-0.25, -0.2) is 4.79 Å². The first-order chi connectivity index (χ1) is 11.1. The summed E-state index contributed by atoms with van der Waals surface area (Å²) in [6.45, 7) is 1.03. The van der Waals surface area contributed by atoms with Crippen LogP contribution >= 0.6 is 34.5 Å². The lowest BCUT2D eigenvalue weighted by molar-refractivity contribution is -0.141. The number of para-hydroxylation sites is 1. The van der Waals surface area contributed by atoms with Crippen molar-refractivity contribution in [2.45, 2.75) is 6.04 Å². The fraction of sp³-hybridized carbons (Fsp3) is 0.200. The lowest BCUT2D eigenvalue weighted by Crippen LogP contribution is -2.40. The Kier molecular flexibility index (Phi) is 4.75. The highest BCUT2D eigenvalue weighted by Crippen LogP contribution is 2.32. The maximum Gasteiger partial charge on any atom is 0.331 e. The van der Waals surface area contributed by atoms with Gasteiger partial charge in [0, 0.05) is 11.4 Å². The predicted molar refractivity (Wildman–Crippen MR) is 93.8 cm³/mol. The minimum Gasteiger partial charge on any atom is -0.479 e. The molecular weight excluding hydrogens is 357 g/mol. The number of carboxylic acid groups (broad SMARTS) is 1. The molecule has 1 aromatic heterocycles. The minimum absolute atomic E-state index is 0.454. The summed E-state index contributed by atoms with van der Waals surface area (Å²) in [5.74, 6) is -0.463. The molecule has 3 rings (SSSR count). The predicted octanol–water partition coefficient (Wildman–Crippen LogP) is 3.96. The van der Waals surface area contributed by atoms with Gasteiger partial charge in [0.1, 0.15) is 0 Å². The molecule has 1 atom stereocenters. The zero-order valence-corrected chi connectivity index (χ0v) is 14.2. The highest BCUT2D eigenvalue weighted by atomic mass is 35.5. The van der Waals surface area contributed by atoms with Crippen LogP contribution in [0.5, 0.6) is 0 Å². The van der Waals surface area contributed by atoms with E-state index in [2.05, 4.69) is 10.3 Å². The van der Waals surface area contributed by atoms with Crippen LogP contribution in [0.3, 0.4) is 0 Å². The molecule has 1 aliphatic rings. The van der Waals surface area contributed by atoms with Crippen molar-refractivity contribution in [1.82, 2.24) is 4.90 Å². The third kappa shape index (κ3) is 3.29. The van der Waals surface area contributed by atoms with Crippen molar-refractivity contribution in [3.05, 3.63) is 50.6 Å². The highest BCUT2D eigenvalue weighted by Gasteiger charge is 2.33. The van der Waals surface area contributed by atoms with Gasteiger partial charge in [-0.05, 0) is 23.6 Å². The zero-order valence-electron chi connectivity index (χ0n) is 11.9. The van der Waals surface area contributed by atoms with Gasteiger partial charge in [0.15, 0.2) is 12.0 Å². The molecule has 0 aliphatic carbocycles. The molecule has 120 valence electrons. The van der Waals surface area contributed by atoms with Crippen LogP contribution in [-0.4, -0.2) is 35.0 Å². The number of thiophene rings is 1. The summed E-state index contributed by atoms with van der Waals surface area (Å²) < 4.78 is 0. The Balaban J connectivity index is 1.89. The fourth-order valence-electron chi connectivity index (χ4n) is 2.41. The van der Waals surface area contributed by atoms with E-state index in [1.54, 1.807) is 23.1 Å². The number of rotatable bonds is 4. The lowest BCUT2D eigenvalue weighted by atomic mass is 10.2. The number of hydrogen-bond donors (Lipinski definition) is 2. The fourth-order valence-corrected chi connectivity index (χ4v) is 3.73. The maximum absolute atomic E-state index is 11.7. The van der Waals surface area contributed by atoms with E-state index in [0.29, 0.717) is 34.8 Å². The molecular formula is C15H13Cl2N3O2S. The van der Waals surface area contributed by atoms with Crippen molar-refractivity contribution in [2.24, 2.45) is 4.99 Å². The standard InChI is InChI=1S/C15H13Cl2N3O2S/c16-9-3-1-4-10(17)12(9)19-15-18-6-7-20(15)13(14(21)22)11-5-2-8-23-11/h1-5,8,13H,6-7H2,(H,18,19)(H,21,22). The van der Waals surface area contributed by atoms with Crippen LogP contribution in [0.1, 0.15) is 10.9 Å². The molecule has 1 aromatic carbocycles. The minimum atomic E-state index is -0.922. The molecule has 0 saturated heterocycles. The molecule has 2 heterocycles. The second-order valence-corrected chi connectivity index (χ2v) is 6.67. The van der Waals surface area contributed by atoms with Crippen molar-refractivity contribution in [2.75, 3.05) is 18.4 Å². The highest BCUT2D eigenvalue weighted by molar-refractivity contribution is 7.10. The van der Waals surface area contributed by atoms with Gasteiger partial charge in [0.2, 0.25) is 0 Å². The molecule has 1 unspecified atom stereocenters. The Hall–Kier alpha value is -1.76. The Bertz CT molecular complexity index is 729. The molecule has 2 aromatic rings. The van der Waals surface area contributed by atoms with E-state index in [0.717, 1.165) is 4.88 Å². The number of halogens is 2. The number of guanidine groups is 1. The molecule has 8 heteroatoms. The van der Waals surface area contributed by atoms with E-state index in [1.807, 2.05) is 17.5 Å². The van der Waals surface area contributed by atoms with Crippen LogP contribution in [0, 0.1) is 0 Å².